The maximum Gasteiger partial charge on any atom is 0.216 e. The number of sulfonamides is 1. The Kier molecular flexibility index (Phi) is 6.26. The number of methoxy groups -OCH3 is 2. The Hall–Kier alpha value is -1.57. The first-order valence-electron chi connectivity index (χ1n) is 7.31. The molecule has 5 nitrogen and oxygen atoms in total. The molecule has 1 atom stereocenters. The fourth-order valence-corrected chi connectivity index (χ4v) is 4.00. The van der Waals surface area contributed by atoms with Gasteiger partial charge in [-0.2, -0.15) is 0 Å². The van der Waals surface area contributed by atoms with E-state index in [1.54, 1.807) is 51.5 Å². The summed E-state index contributed by atoms with van der Waals surface area (Å²) < 4.78 is 39.0. The Morgan fingerprint density at radius 3 is 2.33 bits per heavy atom. The minimum Gasteiger partial charge on any atom is -0.497 e. The maximum atomic E-state index is 12.4. The zero-order valence-electron chi connectivity index (χ0n) is 13.7. The van der Waals surface area contributed by atoms with E-state index in [-0.39, 0.29) is 5.75 Å². The summed E-state index contributed by atoms with van der Waals surface area (Å²) in [6.07, 6.45) is 0. The second-order valence-corrected chi connectivity index (χ2v) is 8.00. The van der Waals surface area contributed by atoms with Gasteiger partial charge in [0.15, 0.2) is 0 Å². The fraction of sp³-hybridized carbons (Fsp3) is 0.294. The van der Waals surface area contributed by atoms with Crippen molar-refractivity contribution in [3.63, 3.8) is 0 Å². The first kappa shape index (κ1) is 18.8. The molecule has 130 valence electrons. The summed E-state index contributed by atoms with van der Waals surface area (Å²) in [4.78, 5) is 0. The number of halogens is 1. The van der Waals surface area contributed by atoms with Gasteiger partial charge in [0.2, 0.25) is 10.0 Å². The van der Waals surface area contributed by atoms with Gasteiger partial charge in [0.25, 0.3) is 0 Å². The maximum absolute atomic E-state index is 12.4. The number of ether oxygens (including phenoxy) is 2. The molecule has 1 N–H and O–H groups in total. The molecule has 2 rings (SSSR count). The lowest BCUT2D eigenvalue weighted by Gasteiger charge is -2.18. The van der Waals surface area contributed by atoms with Crippen molar-refractivity contribution in [3.05, 3.63) is 58.1 Å². The summed E-state index contributed by atoms with van der Waals surface area (Å²) in [7, 11) is -0.388. The molecule has 7 heteroatoms. The van der Waals surface area contributed by atoms with Crippen LogP contribution >= 0.6 is 15.9 Å². The number of nitrogens with one attached hydrogen (secondary N) is 1. The van der Waals surface area contributed by atoms with E-state index in [9.17, 15) is 8.42 Å². The molecule has 0 aromatic heterocycles. The summed E-state index contributed by atoms with van der Waals surface area (Å²) in [5.41, 5.74) is 1.44. The largest absolute Gasteiger partial charge is 0.497 e. The highest BCUT2D eigenvalue weighted by molar-refractivity contribution is 9.10. The van der Waals surface area contributed by atoms with E-state index in [1.807, 2.05) is 12.1 Å². The highest BCUT2D eigenvalue weighted by Gasteiger charge is 2.20. The summed E-state index contributed by atoms with van der Waals surface area (Å²) in [6, 6.07) is 12.0. The molecule has 0 aliphatic carbocycles. The van der Waals surface area contributed by atoms with Crippen LogP contribution in [0.2, 0.25) is 0 Å². The van der Waals surface area contributed by atoms with Crippen molar-refractivity contribution in [2.75, 3.05) is 14.2 Å². The number of hydrogen-bond donors (Lipinski definition) is 1. The molecule has 0 saturated carbocycles. The van der Waals surface area contributed by atoms with E-state index in [0.717, 1.165) is 15.6 Å². The monoisotopic (exact) mass is 413 g/mol. The quantitative estimate of drug-likeness (QED) is 0.752. The third kappa shape index (κ3) is 4.96. The van der Waals surface area contributed by atoms with Crippen LogP contribution in [0.4, 0.5) is 0 Å². The van der Waals surface area contributed by atoms with Crippen LogP contribution in [0.3, 0.4) is 0 Å². The van der Waals surface area contributed by atoms with Crippen LogP contribution in [0.1, 0.15) is 24.1 Å². The third-order valence-electron chi connectivity index (χ3n) is 3.53. The van der Waals surface area contributed by atoms with Crippen molar-refractivity contribution in [1.29, 1.82) is 0 Å². The van der Waals surface area contributed by atoms with E-state index < -0.39 is 16.1 Å². The van der Waals surface area contributed by atoms with E-state index in [4.69, 9.17) is 9.47 Å². The first-order valence-corrected chi connectivity index (χ1v) is 9.75. The lowest BCUT2D eigenvalue weighted by Crippen LogP contribution is -2.28. The Morgan fingerprint density at radius 1 is 1.08 bits per heavy atom. The van der Waals surface area contributed by atoms with Crippen molar-refractivity contribution < 1.29 is 17.9 Å². The average molecular weight is 414 g/mol. The van der Waals surface area contributed by atoms with Gasteiger partial charge in [-0.15, -0.1) is 0 Å². The average Bonchev–Trinajstić information content (AvgIpc) is 2.55. The van der Waals surface area contributed by atoms with E-state index in [2.05, 4.69) is 20.7 Å². The SMILES string of the molecule is COc1ccc(OC)c(C(C)NS(=O)(=O)Cc2ccc(Br)cc2)c1. The minimum absolute atomic E-state index is 0.0864. The highest BCUT2D eigenvalue weighted by atomic mass is 79.9. The lowest BCUT2D eigenvalue weighted by atomic mass is 10.1. The van der Waals surface area contributed by atoms with Crippen LogP contribution in [0.15, 0.2) is 46.9 Å². The predicted octanol–water partition coefficient (Wildman–Crippen LogP) is 3.65. The van der Waals surface area contributed by atoms with Crippen molar-refractivity contribution in [1.82, 2.24) is 4.72 Å². The Bertz CT molecular complexity index is 791. The third-order valence-corrected chi connectivity index (χ3v) is 5.48. The number of hydrogen-bond acceptors (Lipinski definition) is 4. The van der Waals surface area contributed by atoms with E-state index in [1.165, 1.54) is 0 Å². The molecule has 0 fully saturated rings. The summed E-state index contributed by atoms with van der Waals surface area (Å²) in [5, 5.41) is 0. The number of benzene rings is 2. The standard InChI is InChI=1S/C17H20BrNO4S/c1-12(16-10-15(22-2)8-9-17(16)23-3)19-24(20,21)11-13-4-6-14(18)7-5-13/h4-10,12,19H,11H2,1-3H3. The molecule has 0 amide bonds. The van der Waals surface area contributed by atoms with Crippen LogP contribution in [0, 0.1) is 0 Å². The van der Waals surface area contributed by atoms with Crippen molar-refractivity contribution in [2.24, 2.45) is 0 Å². The van der Waals surface area contributed by atoms with Gasteiger partial charge in [0.1, 0.15) is 11.5 Å². The van der Waals surface area contributed by atoms with Gasteiger partial charge in [0.05, 0.1) is 20.0 Å². The van der Waals surface area contributed by atoms with Gasteiger partial charge in [0, 0.05) is 16.1 Å². The van der Waals surface area contributed by atoms with E-state index in [0.29, 0.717) is 11.5 Å². The van der Waals surface area contributed by atoms with Crippen molar-refractivity contribution in [3.8, 4) is 11.5 Å². The zero-order chi connectivity index (χ0) is 17.7. The molecule has 0 aliphatic rings. The molecule has 0 spiro atoms. The Balaban J connectivity index is 2.18. The van der Waals surface area contributed by atoms with Gasteiger partial charge in [-0.25, -0.2) is 13.1 Å². The van der Waals surface area contributed by atoms with Crippen LogP contribution < -0.4 is 14.2 Å². The second kappa shape index (κ2) is 8.00. The van der Waals surface area contributed by atoms with Crippen LogP contribution in [0.25, 0.3) is 0 Å². The summed E-state index contributed by atoms with van der Waals surface area (Å²) >= 11 is 3.33. The normalized spacial score (nSPS) is 12.7. The first-order chi connectivity index (χ1) is 11.3. The Morgan fingerprint density at radius 2 is 1.75 bits per heavy atom. The zero-order valence-corrected chi connectivity index (χ0v) is 16.1. The summed E-state index contributed by atoms with van der Waals surface area (Å²) in [6.45, 7) is 1.77. The van der Waals surface area contributed by atoms with Gasteiger partial charge >= 0.3 is 0 Å². The molecule has 24 heavy (non-hydrogen) atoms. The minimum atomic E-state index is -3.50. The molecule has 0 bridgehead atoms. The molecule has 0 heterocycles. The van der Waals surface area contributed by atoms with E-state index >= 15 is 0 Å². The number of rotatable bonds is 7. The smallest absolute Gasteiger partial charge is 0.216 e. The summed E-state index contributed by atoms with van der Waals surface area (Å²) in [5.74, 6) is 1.16. The van der Waals surface area contributed by atoms with Crippen molar-refractivity contribution in [2.45, 2.75) is 18.7 Å². The predicted molar refractivity (Wildman–Crippen MR) is 97.9 cm³/mol. The molecule has 1 unspecified atom stereocenters. The van der Waals surface area contributed by atoms with Crippen LogP contribution in [0.5, 0.6) is 11.5 Å². The van der Waals surface area contributed by atoms with Crippen LogP contribution in [-0.4, -0.2) is 22.6 Å². The fourth-order valence-electron chi connectivity index (χ4n) is 2.35. The highest BCUT2D eigenvalue weighted by Crippen LogP contribution is 2.29. The van der Waals surface area contributed by atoms with Gasteiger partial charge in [-0.3, -0.25) is 0 Å². The lowest BCUT2D eigenvalue weighted by molar-refractivity contribution is 0.395. The van der Waals surface area contributed by atoms with Crippen molar-refractivity contribution >= 4 is 26.0 Å². The molecule has 0 saturated heterocycles. The van der Waals surface area contributed by atoms with Crippen LogP contribution in [-0.2, 0) is 15.8 Å². The Labute approximate surface area is 151 Å². The second-order valence-electron chi connectivity index (χ2n) is 5.33. The molecule has 2 aromatic carbocycles. The van der Waals surface area contributed by atoms with Gasteiger partial charge in [-0.1, -0.05) is 28.1 Å². The molecule has 0 aliphatic heterocycles. The topological polar surface area (TPSA) is 64.6 Å². The molecule has 2 aromatic rings. The molecular formula is C17H20BrNO4S. The van der Waals surface area contributed by atoms with Gasteiger partial charge in [-0.05, 0) is 42.8 Å². The molecular weight excluding hydrogens is 394 g/mol. The van der Waals surface area contributed by atoms with Gasteiger partial charge < -0.3 is 9.47 Å². The molecule has 0 radical (unpaired) electrons.